The van der Waals surface area contributed by atoms with Crippen molar-refractivity contribution in [3.05, 3.63) is 87.7 Å². The number of allylic oxidation sites excluding steroid dienone is 1. The van der Waals surface area contributed by atoms with Gasteiger partial charge in [-0.25, -0.2) is 5.01 Å². The second-order valence-electron chi connectivity index (χ2n) is 8.92. The zero-order chi connectivity index (χ0) is 32.5. The van der Waals surface area contributed by atoms with Crippen LogP contribution in [0, 0.1) is 0 Å². The van der Waals surface area contributed by atoms with Gasteiger partial charge < -0.3 is 16.4 Å². The molecule has 0 unspecified atom stereocenters. The molecule has 0 atom stereocenters. The number of halogens is 1. The first-order chi connectivity index (χ1) is 20.6. The average molecular weight is 662 g/mol. The largest absolute Gasteiger partial charge is 1.00 e. The third-order valence-electron chi connectivity index (χ3n) is 5.78. The van der Waals surface area contributed by atoms with Crippen molar-refractivity contribution in [2.75, 3.05) is 16.1 Å². The van der Waals surface area contributed by atoms with Crippen LogP contribution in [0.1, 0.15) is 72.9 Å². The smallest absolute Gasteiger partial charge is 0.657 e. The van der Waals surface area contributed by atoms with Crippen LogP contribution < -0.4 is 67.4 Å². The minimum absolute atomic E-state index is 0. The molecule has 3 N–H and O–H groups in total. The standard InChI is InChI=1S/C28H28ClN4OS.C2H5NO.2C2H6.K/c1-5-35-24-13-11-23(12-14-24)33(30-4)28-18(2)6-7-20-8-9-21(16-25(20)28)32-27-17-22(31-19(3)34)10-15-26(27)29;1-2(3)4;2*1-2;/h8-17H,4-7H2,1-3H3,(H,31,34);1H3,(H2,3,4);2*1-2H3;/q-1;;;;+1. The van der Waals surface area contributed by atoms with Crippen molar-refractivity contribution >= 4 is 70.3 Å². The summed E-state index contributed by atoms with van der Waals surface area (Å²) in [5, 5.41) is 14.4. The van der Waals surface area contributed by atoms with Gasteiger partial charge in [0.1, 0.15) is 0 Å². The van der Waals surface area contributed by atoms with Gasteiger partial charge in [-0.05, 0) is 73.1 Å². The van der Waals surface area contributed by atoms with Crippen LogP contribution in [-0.4, -0.2) is 24.3 Å². The second kappa shape index (κ2) is 22.4. The molecule has 44 heavy (non-hydrogen) atoms. The number of carbonyl (C=O) groups is 2. The fourth-order valence-electron chi connectivity index (χ4n) is 4.19. The third-order valence-corrected chi connectivity index (χ3v) is 7.00. The molecule has 2 amide bonds. The molecule has 1 aliphatic rings. The van der Waals surface area contributed by atoms with Gasteiger partial charge in [-0.3, -0.25) is 9.59 Å². The molecule has 7 nitrogen and oxygen atoms in total. The quantitative estimate of drug-likeness (QED) is 0.116. The van der Waals surface area contributed by atoms with Crippen LogP contribution in [0.15, 0.2) is 76.2 Å². The number of amides is 2. The molecule has 3 aromatic rings. The van der Waals surface area contributed by atoms with Gasteiger partial charge in [0.25, 0.3) is 0 Å². The van der Waals surface area contributed by atoms with E-state index in [1.165, 1.54) is 29.9 Å². The van der Waals surface area contributed by atoms with E-state index in [0.29, 0.717) is 16.4 Å². The Morgan fingerprint density at radius 1 is 1.02 bits per heavy atom. The van der Waals surface area contributed by atoms with Crippen molar-refractivity contribution in [1.29, 1.82) is 0 Å². The van der Waals surface area contributed by atoms with Gasteiger partial charge in [0.2, 0.25) is 11.8 Å². The van der Waals surface area contributed by atoms with Gasteiger partial charge in [0, 0.05) is 41.7 Å². The van der Waals surface area contributed by atoms with Crippen LogP contribution in [-0.2, 0) is 16.0 Å². The van der Waals surface area contributed by atoms with Gasteiger partial charge >= 0.3 is 51.4 Å². The number of thioether (sulfide) groups is 1. The molecule has 1 aliphatic carbocycles. The topological polar surface area (TPSA) is 102 Å². The fourth-order valence-corrected chi connectivity index (χ4v) is 5.01. The minimum Gasteiger partial charge on any atom is -0.657 e. The van der Waals surface area contributed by atoms with Gasteiger partial charge in [-0.1, -0.05) is 70.5 Å². The maximum atomic E-state index is 11.5. The van der Waals surface area contributed by atoms with Crippen molar-refractivity contribution < 1.29 is 61.0 Å². The zero-order valence-corrected chi connectivity index (χ0v) is 32.3. The second-order valence-corrected chi connectivity index (χ2v) is 10.7. The zero-order valence-electron chi connectivity index (χ0n) is 27.6. The molecule has 0 aromatic heterocycles. The number of nitrogens with zero attached hydrogens (tertiary/aromatic N) is 3. The van der Waals surface area contributed by atoms with E-state index in [0.717, 1.165) is 41.2 Å². The normalized spacial score (nSPS) is 10.9. The number of hydrogen-bond donors (Lipinski definition) is 2. The fraction of sp³-hybridized carbons (Fsp3) is 0.324. The Morgan fingerprint density at radius 3 is 2.18 bits per heavy atom. The number of fused-ring (bicyclic) bond motifs is 1. The number of hydrazone groups is 1. The third kappa shape index (κ3) is 13.1. The maximum absolute atomic E-state index is 11.5. The Balaban J connectivity index is 0.00000187. The SMILES string of the molecule is C=NN(C1=C(C)CCc2ccc([N-]c3cc(NC(C)=O)ccc3Cl)cc21)c1ccc(SCC)cc1.CC.CC.CC(N)=O.[K+]. The van der Waals surface area contributed by atoms with E-state index in [-0.39, 0.29) is 63.2 Å². The Morgan fingerprint density at radius 2 is 1.64 bits per heavy atom. The van der Waals surface area contributed by atoms with Crippen LogP contribution in [0.4, 0.5) is 22.7 Å². The summed E-state index contributed by atoms with van der Waals surface area (Å²) in [6.45, 7) is 18.9. The van der Waals surface area contributed by atoms with Gasteiger partial charge in [0.15, 0.2) is 0 Å². The molecule has 10 heteroatoms. The van der Waals surface area contributed by atoms with Crippen LogP contribution in [0.5, 0.6) is 0 Å². The van der Waals surface area contributed by atoms with Gasteiger partial charge in [-0.15, -0.1) is 23.1 Å². The van der Waals surface area contributed by atoms with E-state index < -0.39 is 0 Å². The summed E-state index contributed by atoms with van der Waals surface area (Å²) in [6, 6.07) is 19.9. The summed E-state index contributed by atoms with van der Waals surface area (Å²) in [5.74, 6) is 0.556. The summed E-state index contributed by atoms with van der Waals surface area (Å²) in [4.78, 5) is 21.9. The van der Waals surface area contributed by atoms with E-state index >= 15 is 0 Å². The molecular weight excluding hydrogens is 617 g/mol. The number of primary amides is 1. The first-order valence-corrected chi connectivity index (χ1v) is 15.9. The number of rotatable bonds is 8. The molecule has 232 valence electrons. The van der Waals surface area contributed by atoms with E-state index in [2.05, 4.69) is 73.1 Å². The molecule has 3 aromatic carbocycles. The Kier molecular flexibility index (Phi) is 21.3. The molecule has 0 heterocycles. The summed E-state index contributed by atoms with van der Waals surface area (Å²) in [7, 11) is 0. The predicted molar refractivity (Wildman–Crippen MR) is 188 cm³/mol. The minimum atomic E-state index is -0.333. The molecule has 0 bridgehead atoms. The first kappa shape index (κ1) is 41.9. The van der Waals surface area contributed by atoms with E-state index in [1.54, 1.807) is 18.2 Å². The Labute approximate surface area is 315 Å². The van der Waals surface area contributed by atoms with Crippen LogP contribution >= 0.6 is 23.4 Å². The van der Waals surface area contributed by atoms with E-state index in [1.807, 2.05) is 50.5 Å². The first-order valence-electron chi connectivity index (χ1n) is 14.5. The Bertz CT molecular complexity index is 1390. The van der Waals surface area contributed by atoms with Crippen LogP contribution in [0.25, 0.3) is 11.0 Å². The number of carbonyl (C=O) groups excluding carboxylic acids is 2. The molecule has 0 aliphatic heterocycles. The van der Waals surface area contributed by atoms with Crippen molar-refractivity contribution in [1.82, 2.24) is 0 Å². The molecule has 0 spiro atoms. The molecular formula is C34H45ClKN5O2S. The average Bonchev–Trinajstić information content (AvgIpc) is 2.99. The predicted octanol–water partition coefficient (Wildman–Crippen LogP) is 7.09. The van der Waals surface area contributed by atoms with E-state index in [9.17, 15) is 9.59 Å². The summed E-state index contributed by atoms with van der Waals surface area (Å²) in [5.41, 5.74) is 12.1. The number of aryl methyl sites for hydroxylation is 1. The number of nitrogens with one attached hydrogen (secondary N) is 1. The van der Waals surface area contributed by atoms with Crippen LogP contribution in [0.3, 0.4) is 0 Å². The van der Waals surface area contributed by atoms with Crippen molar-refractivity contribution in [2.45, 2.75) is 73.1 Å². The number of benzene rings is 3. The summed E-state index contributed by atoms with van der Waals surface area (Å²) >= 11 is 8.23. The van der Waals surface area contributed by atoms with Crippen molar-refractivity contribution in [3.8, 4) is 0 Å². The molecule has 0 radical (unpaired) electrons. The molecule has 0 fully saturated rings. The number of anilines is 2. The van der Waals surface area contributed by atoms with Gasteiger partial charge in [0.05, 0.1) is 11.4 Å². The number of hydrogen-bond acceptors (Lipinski definition) is 5. The molecule has 0 saturated heterocycles. The summed E-state index contributed by atoms with van der Waals surface area (Å²) in [6.07, 6.45) is 1.92. The summed E-state index contributed by atoms with van der Waals surface area (Å²) < 4.78 is 0. The molecule has 4 rings (SSSR count). The van der Waals surface area contributed by atoms with Gasteiger partial charge in [-0.2, -0.15) is 5.10 Å². The van der Waals surface area contributed by atoms with Crippen LogP contribution in [0.2, 0.25) is 5.02 Å². The number of nitrogens with two attached hydrogens (primary N) is 1. The maximum Gasteiger partial charge on any atom is 1.00 e. The van der Waals surface area contributed by atoms with Crippen molar-refractivity contribution in [3.63, 3.8) is 0 Å². The Hall–Kier alpha value is -2.11. The molecule has 0 saturated carbocycles. The van der Waals surface area contributed by atoms with E-state index in [4.69, 9.17) is 16.9 Å². The monoisotopic (exact) mass is 661 g/mol. The van der Waals surface area contributed by atoms with Crippen molar-refractivity contribution in [2.24, 2.45) is 10.8 Å².